The number of nitrogens with zero attached hydrogens (tertiary/aromatic N) is 2. The molecule has 4 N–H and O–H groups in total. The molecule has 35 heavy (non-hydrogen) atoms. The first-order valence-electron chi connectivity index (χ1n) is 11.2. The number of hydrogen-bond acceptors (Lipinski definition) is 6. The molecule has 192 valence electrons. The van der Waals surface area contributed by atoms with Crippen molar-refractivity contribution in [2.24, 2.45) is 5.73 Å². The number of amides is 2. The largest absolute Gasteiger partial charge is 0.473 e. The lowest BCUT2D eigenvalue weighted by Crippen LogP contribution is -2.43. The minimum absolute atomic E-state index is 0.0635. The summed E-state index contributed by atoms with van der Waals surface area (Å²) in [4.78, 5) is 27.7. The Labute approximate surface area is 205 Å². The van der Waals surface area contributed by atoms with Crippen LogP contribution < -0.4 is 15.8 Å². The van der Waals surface area contributed by atoms with E-state index in [2.05, 4.69) is 5.32 Å². The number of halogens is 2. The number of benzene rings is 2. The molecule has 0 saturated carbocycles. The van der Waals surface area contributed by atoms with Crippen LogP contribution in [0.25, 0.3) is 0 Å². The Morgan fingerprint density at radius 1 is 1.09 bits per heavy atom. The van der Waals surface area contributed by atoms with Crippen LogP contribution in [0.15, 0.2) is 60.0 Å². The summed E-state index contributed by atoms with van der Waals surface area (Å²) in [7, 11) is 1.53. The molecule has 0 saturated heterocycles. The van der Waals surface area contributed by atoms with E-state index >= 15 is 0 Å². The van der Waals surface area contributed by atoms with E-state index in [1.165, 1.54) is 66.2 Å². The number of aliphatic hydroxyl groups excluding tert-OH is 1. The molecule has 0 aliphatic carbocycles. The van der Waals surface area contributed by atoms with E-state index < -0.39 is 23.4 Å². The average molecular weight is 493 g/mol. The normalized spacial score (nSPS) is 10.9. The SMILES string of the molecule is CC.CC(=O)N/C(N)=C(\C(=O)N(C)CCCO)N(COc1cccc(F)c1)Cc1ccc(F)cc1. The molecule has 0 aliphatic rings. The lowest BCUT2D eigenvalue weighted by Gasteiger charge is -2.30. The van der Waals surface area contributed by atoms with Gasteiger partial charge in [-0.15, -0.1) is 0 Å². The smallest absolute Gasteiger partial charge is 0.273 e. The van der Waals surface area contributed by atoms with E-state index in [-0.39, 0.29) is 43.7 Å². The van der Waals surface area contributed by atoms with Gasteiger partial charge in [0.25, 0.3) is 5.91 Å². The molecule has 0 fully saturated rings. The molecule has 10 heteroatoms. The van der Waals surface area contributed by atoms with Gasteiger partial charge in [-0.2, -0.15) is 0 Å². The first-order valence-corrected chi connectivity index (χ1v) is 11.2. The summed E-state index contributed by atoms with van der Waals surface area (Å²) in [5.74, 6) is -1.91. The van der Waals surface area contributed by atoms with Crippen LogP contribution in [-0.2, 0) is 16.1 Å². The number of nitrogens with two attached hydrogens (primary N) is 1. The van der Waals surface area contributed by atoms with Crippen molar-refractivity contribution < 1.29 is 28.2 Å². The van der Waals surface area contributed by atoms with Crippen molar-refractivity contribution in [3.63, 3.8) is 0 Å². The number of aliphatic hydroxyl groups is 1. The van der Waals surface area contributed by atoms with Crippen LogP contribution >= 0.6 is 0 Å². The monoisotopic (exact) mass is 492 g/mol. The van der Waals surface area contributed by atoms with Gasteiger partial charge in [-0.3, -0.25) is 9.59 Å². The summed E-state index contributed by atoms with van der Waals surface area (Å²) in [5, 5.41) is 11.5. The number of ether oxygens (including phenoxy) is 1. The van der Waals surface area contributed by atoms with Crippen molar-refractivity contribution in [3.05, 3.63) is 77.2 Å². The van der Waals surface area contributed by atoms with Gasteiger partial charge in [0.05, 0.1) is 0 Å². The Balaban J connectivity index is 0.00000298. The second-order valence-corrected chi connectivity index (χ2v) is 7.30. The minimum Gasteiger partial charge on any atom is -0.473 e. The van der Waals surface area contributed by atoms with Crippen LogP contribution in [0.1, 0.15) is 32.8 Å². The fourth-order valence-corrected chi connectivity index (χ4v) is 2.97. The van der Waals surface area contributed by atoms with Crippen molar-refractivity contribution in [3.8, 4) is 5.75 Å². The number of likely N-dealkylation sites (N-methyl/N-ethyl adjacent to an activating group) is 1. The molecule has 0 aliphatic heterocycles. The molecule has 8 nitrogen and oxygen atoms in total. The maximum atomic E-state index is 13.6. The third-order valence-electron chi connectivity index (χ3n) is 4.55. The number of carbonyl (C=O) groups is 2. The van der Waals surface area contributed by atoms with Crippen molar-refractivity contribution >= 4 is 11.8 Å². The van der Waals surface area contributed by atoms with Gasteiger partial charge < -0.3 is 30.7 Å². The highest BCUT2D eigenvalue weighted by atomic mass is 19.1. The van der Waals surface area contributed by atoms with E-state index in [0.29, 0.717) is 12.0 Å². The van der Waals surface area contributed by atoms with Crippen LogP contribution in [0.5, 0.6) is 5.75 Å². The first-order chi connectivity index (χ1) is 16.7. The summed E-state index contributed by atoms with van der Waals surface area (Å²) < 4.78 is 32.6. The standard InChI is InChI=1S/C23H28F2N4O4.C2H6/c1-16(31)27-22(26)21(23(32)28(2)11-4-12-30)29(14-17-7-9-18(24)10-8-17)15-33-20-6-3-5-19(25)13-20;1-2/h3,5-10,13,30H,4,11-12,14-15,26H2,1-2H3,(H,27,31);1-2H3/b22-21+;. The molecule has 0 aromatic heterocycles. The highest BCUT2D eigenvalue weighted by Crippen LogP contribution is 2.18. The lowest BCUT2D eigenvalue weighted by molar-refractivity contribution is -0.128. The summed E-state index contributed by atoms with van der Waals surface area (Å²) in [6.07, 6.45) is 0.341. The van der Waals surface area contributed by atoms with Gasteiger partial charge in [0.15, 0.2) is 6.73 Å². The summed E-state index contributed by atoms with van der Waals surface area (Å²) in [6.45, 7) is 5.22. The maximum Gasteiger partial charge on any atom is 0.273 e. The fraction of sp³-hybridized carbons (Fsp3) is 0.360. The molecule has 2 amide bonds. The zero-order valence-corrected chi connectivity index (χ0v) is 20.6. The van der Waals surface area contributed by atoms with Crippen LogP contribution in [0.2, 0.25) is 0 Å². The van der Waals surface area contributed by atoms with Crippen molar-refractivity contribution in [1.29, 1.82) is 0 Å². The number of nitrogens with one attached hydrogen (secondary N) is 1. The van der Waals surface area contributed by atoms with E-state index in [1.54, 1.807) is 6.07 Å². The van der Waals surface area contributed by atoms with Gasteiger partial charge in [-0.05, 0) is 36.2 Å². The van der Waals surface area contributed by atoms with Gasteiger partial charge in [0.2, 0.25) is 5.91 Å². The highest BCUT2D eigenvalue weighted by Gasteiger charge is 2.26. The van der Waals surface area contributed by atoms with E-state index in [9.17, 15) is 18.4 Å². The summed E-state index contributed by atoms with van der Waals surface area (Å²) in [6, 6.07) is 11.1. The van der Waals surface area contributed by atoms with E-state index in [1.807, 2.05) is 13.8 Å². The Kier molecular flexibility index (Phi) is 12.8. The zero-order chi connectivity index (χ0) is 26.4. The predicted octanol–water partition coefficient (Wildman–Crippen LogP) is 2.93. The molecular weight excluding hydrogens is 458 g/mol. The van der Waals surface area contributed by atoms with Crippen LogP contribution in [0.3, 0.4) is 0 Å². The molecule has 2 aromatic rings. The Morgan fingerprint density at radius 3 is 2.31 bits per heavy atom. The Morgan fingerprint density at radius 2 is 1.74 bits per heavy atom. The van der Waals surface area contributed by atoms with Crippen molar-refractivity contribution in [2.75, 3.05) is 26.9 Å². The third kappa shape index (κ3) is 10.0. The molecular formula is C25H34F2N4O4. The predicted molar refractivity (Wildman–Crippen MR) is 130 cm³/mol. The fourth-order valence-electron chi connectivity index (χ4n) is 2.97. The Bertz CT molecular complexity index is 984. The maximum absolute atomic E-state index is 13.6. The van der Waals surface area contributed by atoms with Gasteiger partial charge in [0.1, 0.15) is 28.9 Å². The molecule has 0 bridgehead atoms. The third-order valence-corrected chi connectivity index (χ3v) is 4.55. The molecule has 0 radical (unpaired) electrons. The topological polar surface area (TPSA) is 108 Å². The van der Waals surface area contributed by atoms with Crippen LogP contribution in [0.4, 0.5) is 8.78 Å². The molecule has 2 aromatic carbocycles. The quantitative estimate of drug-likeness (QED) is 0.329. The molecule has 0 atom stereocenters. The van der Waals surface area contributed by atoms with E-state index in [4.69, 9.17) is 15.6 Å². The van der Waals surface area contributed by atoms with Crippen molar-refractivity contribution in [2.45, 2.75) is 33.7 Å². The van der Waals surface area contributed by atoms with Crippen LogP contribution in [0, 0.1) is 11.6 Å². The van der Waals surface area contributed by atoms with Crippen LogP contribution in [-0.4, -0.2) is 53.7 Å². The lowest BCUT2D eigenvalue weighted by atomic mass is 10.2. The minimum atomic E-state index is -0.528. The number of hydrogen-bond donors (Lipinski definition) is 3. The Hall–Kier alpha value is -3.66. The van der Waals surface area contributed by atoms with Crippen molar-refractivity contribution in [1.82, 2.24) is 15.1 Å². The summed E-state index contributed by atoms with van der Waals surface area (Å²) in [5.41, 5.74) is 6.67. The highest BCUT2D eigenvalue weighted by molar-refractivity contribution is 5.94. The van der Waals surface area contributed by atoms with Gasteiger partial charge in [0, 0.05) is 39.7 Å². The average Bonchev–Trinajstić information content (AvgIpc) is 2.83. The summed E-state index contributed by atoms with van der Waals surface area (Å²) >= 11 is 0. The molecule has 2 rings (SSSR count). The van der Waals surface area contributed by atoms with E-state index in [0.717, 1.165) is 0 Å². The zero-order valence-electron chi connectivity index (χ0n) is 20.6. The van der Waals surface area contributed by atoms with Gasteiger partial charge in [-0.25, -0.2) is 8.78 Å². The molecule has 0 spiro atoms. The van der Waals surface area contributed by atoms with Gasteiger partial charge >= 0.3 is 0 Å². The molecule has 0 heterocycles. The first kappa shape index (κ1) is 29.4. The number of carbonyl (C=O) groups excluding carboxylic acids is 2. The second kappa shape index (κ2) is 15.3. The molecule has 0 unspecified atom stereocenters. The number of rotatable bonds is 11. The van der Waals surface area contributed by atoms with Gasteiger partial charge in [-0.1, -0.05) is 32.0 Å². The second-order valence-electron chi connectivity index (χ2n) is 7.30.